The smallest absolute Gasteiger partial charge is 0.289 e. The number of hydrogen-bond acceptors (Lipinski definition) is 4. The van der Waals surface area contributed by atoms with Gasteiger partial charge in [-0.3, -0.25) is 4.55 Å². The third-order valence-electron chi connectivity index (χ3n) is 2.29. The molecule has 2 amide bonds. The van der Waals surface area contributed by atoms with E-state index in [1.54, 1.807) is 13.0 Å². The molecule has 2 rings (SSSR count). The zero-order valence-electron chi connectivity index (χ0n) is 9.37. The molecule has 0 bridgehead atoms. The molecule has 1 aromatic heterocycles. The van der Waals surface area contributed by atoms with Crippen LogP contribution in [-0.4, -0.2) is 32.1 Å². The van der Waals surface area contributed by atoms with E-state index in [0.717, 1.165) is 21.4 Å². The number of anilines is 1. The predicted octanol–water partition coefficient (Wildman–Crippen LogP) is 2.55. The van der Waals surface area contributed by atoms with E-state index in [4.69, 9.17) is 11.6 Å². The summed E-state index contributed by atoms with van der Waals surface area (Å²) < 4.78 is 21.7. The molecule has 1 aliphatic rings. The summed E-state index contributed by atoms with van der Waals surface area (Å²) in [5, 5.41) is 5.50. The van der Waals surface area contributed by atoms with E-state index in [0.29, 0.717) is 22.3 Å². The van der Waals surface area contributed by atoms with E-state index in [9.17, 15) is 13.6 Å². The summed E-state index contributed by atoms with van der Waals surface area (Å²) in [6.07, 6.45) is 0.669. The third kappa shape index (κ3) is 2.72. The summed E-state index contributed by atoms with van der Waals surface area (Å²) in [6, 6.07) is 2.45. The van der Waals surface area contributed by atoms with Crippen LogP contribution in [0.15, 0.2) is 17.2 Å². The van der Waals surface area contributed by atoms with Crippen molar-refractivity contribution in [2.45, 2.75) is 13.3 Å². The maximum atomic E-state index is 12.1. The molecule has 2 heterocycles. The molecule has 98 valence electrons. The fraction of sp³-hybridized carbons (Fsp3) is 0.333. The first kappa shape index (κ1) is 13.5. The number of nitrogens with zero attached hydrogens (tertiary/aromatic N) is 3. The van der Waals surface area contributed by atoms with E-state index < -0.39 is 17.3 Å². The molecule has 0 saturated carbocycles. The summed E-state index contributed by atoms with van der Waals surface area (Å²) in [7, 11) is 0. The van der Waals surface area contributed by atoms with Crippen LogP contribution in [0.3, 0.4) is 0 Å². The maximum absolute atomic E-state index is 12.1. The Balaban J connectivity index is 2.26. The molecule has 6 nitrogen and oxygen atoms in total. The van der Waals surface area contributed by atoms with Gasteiger partial charge in [-0.2, -0.15) is 9.41 Å². The van der Waals surface area contributed by atoms with Gasteiger partial charge in [0.2, 0.25) is 0 Å². The van der Waals surface area contributed by atoms with E-state index in [-0.39, 0.29) is 0 Å². The highest BCUT2D eigenvalue weighted by Gasteiger charge is 2.30. The molecule has 18 heavy (non-hydrogen) atoms. The van der Waals surface area contributed by atoms with Crippen molar-refractivity contribution in [2.75, 3.05) is 10.8 Å². The second-order valence-corrected chi connectivity index (χ2v) is 6.11. The molecular weight excluding hydrogens is 298 g/mol. The summed E-state index contributed by atoms with van der Waals surface area (Å²) in [6.45, 7) is 2.22. The van der Waals surface area contributed by atoms with Gasteiger partial charge in [-0.1, -0.05) is 11.6 Å². The predicted molar refractivity (Wildman–Crippen MR) is 72.4 cm³/mol. The van der Waals surface area contributed by atoms with Gasteiger partial charge in [-0.05, 0) is 19.1 Å². The van der Waals surface area contributed by atoms with Gasteiger partial charge in [0.25, 0.3) is 11.3 Å². The number of amides is 2. The van der Waals surface area contributed by atoms with Crippen molar-refractivity contribution in [1.82, 2.24) is 5.01 Å². The van der Waals surface area contributed by atoms with E-state index in [2.05, 4.69) is 5.10 Å². The Morgan fingerprint density at radius 2 is 2.39 bits per heavy atom. The standard InChI is InChI=1S/C9H10ClN3O3S2/c1-6-4-5-12(11-6)9(14)13(18(15)16)8-3-2-7(10)17-8/h2-3H,4-5H2,1H3,(H,15,16). The van der Waals surface area contributed by atoms with Crippen molar-refractivity contribution in [2.24, 2.45) is 5.10 Å². The van der Waals surface area contributed by atoms with Gasteiger partial charge in [-0.15, -0.1) is 11.3 Å². The molecule has 1 aromatic rings. The Morgan fingerprint density at radius 3 is 2.83 bits per heavy atom. The molecule has 0 spiro atoms. The summed E-state index contributed by atoms with van der Waals surface area (Å²) >= 11 is 4.36. The molecule has 0 radical (unpaired) electrons. The van der Waals surface area contributed by atoms with Crippen LogP contribution in [0.5, 0.6) is 0 Å². The molecule has 0 aromatic carbocycles. The number of rotatable bonds is 2. The van der Waals surface area contributed by atoms with Crippen LogP contribution in [0, 0.1) is 0 Å². The average Bonchev–Trinajstić information content (AvgIpc) is 2.87. The molecule has 0 aliphatic carbocycles. The lowest BCUT2D eigenvalue weighted by Gasteiger charge is -2.20. The quantitative estimate of drug-likeness (QED) is 0.853. The number of halogens is 1. The average molecular weight is 308 g/mol. The Morgan fingerprint density at radius 1 is 1.67 bits per heavy atom. The highest BCUT2D eigenvalue weighted by atomic mass is 35.5. The largest absolute Gasteiger partial charge is 0.359 e. The number of carbonyl (C=O) groups is 1. The molecule has 0 fully saturated rings. The monoisotopic (exact) mass is 307 g/mol. The number of carbonyl (C=O) groups excluding carboxylic acids is 1. The fourth-order valence-corrected chi connectivity index (χ4v) is 3.15. The molecule has 1 atom stereocenters. The highest BCUT2D eigenvalue weighted by molar-refractivity contribution is 7.82. The van der Waals surface area contributed by atoms with Crippen LogP contribution in [0.2, 0.25) is 4.34 Å². The van der Waals surface area contributed by atoms with Crippen molar-refractivity contribution < 1.29 is 13.6 Å². The SMILES string of the molecule is CC1=NN(C(=O)N(c2ccc(Cl)s2)S(=O)O)CC1. The number of hydrogen-bond donors (Lipinski definition) is 1. The molecule has 1 aliphatic heterocycles. The highest BCUT2D eigenvalue weighted by Crippen LogP contribution is 2.31. The topological polar surface area (TPSA) is 73.2 Å². The molecule has 1 N–H and O–H groups in total. The Kier molecular flexibility index (Phi) is 4.00. The molecule has 1 unspecified atom stereocenters. The number of thiophene rings is 1. The minimum atomic E-state index is -2.45. The lowest BCUT2D eigenvalue weighted by Crippen LogP contribution is -2.40. The Bertz CT molecular complexity index is 531. The number of urea groups is 1. The number of hydrazone groups is 1. The lowest BCUT2D eigenvalue weighted by atomic mass is 10.3. The van der Waals surface area contributed by atoms with Crippen LogP contribution < -0.4 is 4.31 Å². The van der Waals surface area contributed by atoms with Crippen molar-refractivity contribution in [3.05, 3.63) is 16.5 Å². The molecule has 9 heteroatoms. The van der Waals surface area contributed by atoms with Crippen molar-refractivity contribution in [1.29, 1.82) is 0 Å². The summed E-state index contributed by atoms with van der Waals surface area (Å²) in [5.41, 5.74) is 0.816. The van der Waals surface area contributed by atoms with E-state index in [1.165, 1.54) is 11.1 Å². The molecule has 0 saturated heterocycles. The van der Waals surface area contributed by atoms with Crippen LogP contribution in [-0.2, 0) is 11.3 Å². The van der Waals surface area contributed by atoms with Crippen molar-refractivity contribution in [3.63, 3.8) is 0 Å². The summed E-state index contributed by atoms with van der Waals surface area (Å²) in [4.78, 5) is 12.1. The van der Waals surface area contributed by atoms with Gasteiger partial charge in [0.05, 0.1) is 10.9 Å². The van der Waals surface area contributed by atoms with E-state index in [1.807, 2.05) is 0 Å². The Hall–Kier alpha value is -0.960. The molecular formula is C9H10ClN3O3S2. The normalized spacial score (nSPS) is 16.6. The fourth-order valence-electron chi connectivity index (χ4n) is 1.47. The minimum absolute atomic E-state index is 0.311. The third-order valence-corrected chi connectivity index (χ3v) is 4.28. The van der Waals surface area contributed by atoms with Crippen LogP contribution in [0.4, 0.5) is 9.80 Å². The van der Waals surface area contributed by atoms with Gasteiger partial charge in [0.15, 0.2) is 0 Å². The first-order valence-electron chi connectivity index (χ1n) is 5.01. The first-order valence-corrected chi connectivity index (χ1v) is 7.27. The van der Waals surface area contributed by atoms with Gasteiger partial charge in [-0.25, -0.2) is 14.0 Å². The van der Waals surface area contributed by atoms with Gasteiger partial charge in [0, 0.05) is 12.1 Å². The van der Waals surface area contributed by atoms with Gasteiger partial charge < -0.3 is 0 Å². The van der Waals surface area contributed by atoms with Crippen LogP contribution in [0.1, 0.15) is 13.3 Å². The maximum Gasteiger partial charge on any atom is 0.359 e. The zero-order chi connectivity index (χ0) is 13.3. The first-order chi connectivity index (χ1) is 8.49. The van der Waals surface area contributed by atoms with E-state index >= 15 is 0 Å². The zero-order valence-corrected chi connectivity index (χ0v) is 11.8. The lowest BCUT2D eigenvalue weighted by molar-refractivity contribution is 0.216. The Labute approximate surface area is 115 Å². The van der Waals surface area contributed by atoms with Gasteiger partial charge in [0.1, 0.15) is 5.00 Å². The van der Waals surface area contributed by atoms with Gasteiger partial charge >= 0.3 is 6.03 Å². The minimum Gasteiger partial charge on any atom is -0.289 e. The van der Waals surface area contributed by atoms with Crippen LogP contribution in [0.25, 0.3) is 0 Å². The van der Waals surface area contributed by atoms with Crippen molar-refractivity contribution in [3.8, 4) is 0 Å². The van der Waals surface area contributed by atoms with Crippen LogP contribution >= 0.6 is 22.9 Å². The second kappa shape index (κ2) is 5.35. The second-order valence-electron chi connectivity index (χ2n) is 3.59. The van der Waals surface area contributed by atoms with Crippen molar-refractivity contribution >= 4 is 50.9 Å². The summed E-state index contributed by atoms with van der Waals surface area (Å²) in [5.74, 6) is 0.